The third-order valence-corrected chi connectivity index (χ3v) is 7.01. The number of halogens is 7. The summed E-state index contributed by atoms with van der Waals surface area (Å²) < 4.78 is 95.4. The summed E-state index contributed by atoms with van der Waals surface area (Å²) in [5.41, 5.74) is 0.0852. The Morgan fingerprint density at radius 3 is 2.50 bits per heavy atom. The lowest BCUT2D eigenvalue weighted by Gasteiger charge is -2.31. The molecule has 17 heteroatoms. The number of fused-ring (bicyclic) bond motifs is 1. The smallest absolute Gasteiger partial charge is 0.383 e. The number of alkyl halides is 6. The van der Waals surface area contributed by atoms with Crippen LogP contribution in [-0.2, 0) is 18.9 Å². The van der Waals surface area contributed by atoms with Crippen LogP contribution < -0.4 is 22.2 Å². The lowest BCUT2D eigenvalue weighted by atomic mass is 9.85. The van der Waals surface area contributed by atoms with E-state index in [4.69, 9.17) is 5.73 Å². The van der Waals surface area contributed by atoms with Crippen LogP contribution in [0.2, 0.25) is 0 Å². The van der Waals surface area contributed by atoms with Crippen LogP contribution in [0.15, 0.2) is 40.4 Å². The molecule has 1 aliphatic rings. The predicted octanol–water partition coefficient (Wildman–Crippen LogP) is 4.37. The van der Waals surface area contributed by atoms with E-state index in [-0.39, 0.29) is 28.9 Å². The fourth-order valence-corrected chi connectivity index (χ4v) is 5.10. The maximum absolute atomic E-state index is 15.0. The van der Waals surface area contributed by atoms with E-state index in [1.165, 1.54) is 10.9 Å². The molecule has 0 radical (unpaired) electrons. The number of anilines is 2. The Hall–Kier alpha value is -4.57. The van der Waals surface area contributed by atoms with Crippen LogP contribution in [0.1, 0.15) is 36.8 Å². The number of rotatable bonds is 5. The Bertz CT molecular complexity index is 1770. The Morgan fingerprint density at radius 2 is 1.81 bits per heavy atom. The molecule has 0 unspecified atom stereocenters. The topological polar surface area (TPSA) is 144 Å². The van der Waals surface area contributed by atoms with E-state index in [2.05, 4.69) is 25.4 Å². The van der Waals surface area contributed by atoms with E-state index in [1.54, 1.807) is 5.10 Å². The molecule has 10 nitrogen and oxygen atoms in total. The highest BCUT2D eigenvalue weighted by molar-refractivity contribution is 5.82. The molecule has 3 heterocycles. The Balaban J connectivity index is 1.37. The molecule has 1 fully saturated rings. The summed E-state index contributed by atoms with van der Waals surface area (Å²) in [5.74, 6) is -2.45. The van der Waals surface area contributed by atoms with Gasteiger partial charge in [0.25, 0.3) is 11.1 Å². The average Bonchev–Trinajstić information content (AvgIpc) is 2.89. The van der Waals surface area contributed by atoms with Gasteiger partial charge in [0.2, 0.25) is 0 Å². The van der Waals surface area contributed by atoms with Crippen LogP contribution in [0.5, 0.6) is 0 Å². The SMILES string of the molecule is Nc1nc(-c2cc3ncn(C[C@@H]4CCC[C@H](Nc5cn[nH]c(=O)c5C(F)(F)F)C4)c(=O)c3cc2F)ncc1C(F)(F)F. The number of H-pyrrole nitrogens is 1. The fourth-order valence-electron chi connectivity index (χ4n) is 5.10. The van der Waals surface area contributed by atoms with Crippen molar-refractivity contribution in [2.24, 2.45) is 5.92 Å². The van der Waals surface area contributed by atoms with Crippen LogP contribution in [0.3, 0.4) is 0 Å². The summed E-state index contributed by atoms with van der Waals surface area (Å²) in [4.78, 5) is 36.3. The number of hydrogen-bond donors (Lipinski definition) is 3. The first-order valence-electron chi connectivity index (χ1n) is 12.5. The van der Waals surface area contributed by atoms with Gasteiger partial charge in [0.15, 0.2) is 5.82 Å². The van der Waals surface area contributed by atoms with E-state index in [1.807, 2.05) is 0 Å². The zero-order valence-corrected chi connectivity index (χ0v) is 21.4. The quantitative estimate of drug-likeness (QED) is 0.288. The van der Waals surface area contributed by atoms with Gasteiger partial charge >= 0.3 is 12.4 Å². The molecular weight excluding hydrogens is 577 g/mol. The lowest BCUT2D eigenvalue weighted by molar-refractivity contribution is -0.138. The third kappa shape index (κ3) is 5.75. The maximum Gasteiger partial charge on any atom is 0.423 e. The number of nitrogen functional groups attached to an aromatic ring is 1. The van der Waals surface area contributed by atoms with Gasteiger partial charge in [-0.15, -0.1) is 0 Å². The first-order chi connectivity index (χ1) is 19.7. The molecule has 3 aromatic heterocycles. The largest absolute Gasteiger partial charge is 0.423 e. The Labute approximate surface area is 230 Å². The summed E-state index contributed by atoms with van der Waals surface area (Å²) in [6.07, 6.45) is -4.94. The van der Waals surface area contributed by atoms with E-state index < -0.39 is 63.8 Å². The molecule has 0 bridgehead atoms. The predicted molar refractivity (Wildman–Crippen MR) is 136 cm³/mol. The normalized spacial score (nSPS) is 17.9. The number of benzene rings is 1. The molecule has 0 spiro atoms. The zero-order valence-electron chi connectivity index (χ0n) is 21.4. The van der Waals surface area contributed by atoms with Gasteiger partial charge in [-0.3, -0.25) is 14.2 Å². The minimum absolute atomic E-state index is 0.0411. The molecule has 0 amide bonds. The van der Waals surface area contributed by atoms with Crippen molar-refractivity contribution >= 4 is 22.4 Å². The van der Waals surface area contributed by atoms with Crippen molar-refractivity contribution in [3.8, 4) is 11.4 Å². The molecule has 1 aliphatic carbocycles. The highest BCUT2D eigenvalue weighted by Crippen LogP contribution is 2.35. The average molecular weight is 598 g/mol. The first kappa shape index (κ1) is 28.9. The van der Waals surface area contributed by atoms with Crippen molar-refractivity contribution in [2.75, 3.05) is 11.1 Å². The second-order valence-corrected chi connectivity index (χ2v) is 9.90. The molecule has 4 N–H and O–H groups in total. The van der Waals surface area contributed by atoms with Crippen molar-refractivity contribution in [2.45, 2.75) is 50.6 Å². The van der Waals surface area contributed by atoms with Crippen molar-refractivity contribution < 1.29 is 30.7 Å². The molecule has 1 saturated carbocycles. The molecule has 222 valence electrons. The zero-order chi connectivity index (χ0) is 30.4. The Morgan fingerprint density at radius 1 is 1.05 bits per heavy atom. The molecule has 42 heavy (non-hydrogen) atoms. The molecule has 0 saturated heterocycles. The second kappa shape index (κ2) is 10.7. The molecule has 4 aromatic rings. The summed E-state index contributed by atoms with van der Waals surface area (Å²) in [6, 6.07) is 1.58. The summed E-state index contributed by atoms with van der Waals surface area (Å²) in [7, 11) is 0. The Kier molecular flexibility index (Phi) is 7.36. The monoisotopic (exact) mass is 598 g/mol. The number of aromatic nitrogens is 6. The van der Waals surface area contributed by atoms with Crippen molar-refractivity contribution in [3.05, 3.63) is 68.5 Å². The highest BCUT2D eigenvalue weighted by atomic mass is 19.4. The molecule has 1 aromatic carbocycles. The van der Waals surface area contributed by atoms with Gasteiger partial charge in [-0.1, -0.05) is 6.42 Å². The van der Waals surface area contributed by atoms with Crippen molar-refractivity contribution in [1.82, 2.24) is 29.7 Å². The van der Waals surface area contributed by atoms with E-state index in [0.717, 1.165) is 18.3 Å². The van der Waals surface area contributed by atoms with E-state index in [9.17, 15) is 35.9 Å². The molecule has 2 atom stereocenters. The minimum atomic E-state index is -4.89. The van der Waals surface area contributed by atoms with E-state index >= 15 is 4.39 Å². The van der Waals surface area contributed by atoms with Crippen LogP contribution >= 0.6 is 0 Å². The summed E-state index contributed by atoms with van der Waals surface area (Å²) >= 11 is 0. The molecule has 5 rings (SSSR count). The summed E-state index contributed by atoms with van der Waals surface area (Å²) in [6.45, 7) is 0.140. The van der Waals surface area contributed by atoms with Crippen LogP contribution in [0.4, 0.5) is 42.2 Å². The molecule has 0 aliphatic heterocycles. The van der Waals surface area contributed by atoms with Gasteiger partial charge in [0.1, 0.15) is 22.8 Å². The van der Waals surface area contributed by atoms with Crippen LogP contribution in [-0.4, -0.2) is 35.8 Å². The van der Waals surface area contributed by atoms with Crippen molar-refractivity contribution in [3.63, 3.8) is 0 Å². The minimum Gasteiger partial charge on any atom is -0.383 e. The second-order valence-electron chi connectivity index (χ2n) is 9.90. The highest BCUT2D eigenvalue weighted by Gasteiger charge is 2.38. The van der Waals surface area contributed by atoms with Gasteiger partial charge in [-0.2, -0.15) is 31.4 Å². The van der Waals surface area contributed by atoms with Gasteiger partial charge in [0.05, 0.1) is 34.7 Å². The first-order valence-corrected chi connectivity index (χ1v) is 12.5. The third-order valence-electron chi connectivity index (χ3n) is 7.01. The maximum atomic E-state index is 15.0. The van der Waals surface area contributed by atoms with Gasteiger partial charge in [0, 0.05) is 18.8 Å². The van der Waals surface area contributed by atoms with Crippen molar-refractivity contribution in [1.29, 1.82) is 0 Å². The molecular formula is C25H21F7N8O2. The van der Waals surface area contributed by atoms with Gasteiger partial charge in [-0.25, -0.2) is 24.4 Å². The van der Waals surface area contributed by atoms with E-state index in [0.29, 0.717) is 31.9 Å². The van der Waals surface area contributed by atoms with Gasteiger partial charge < -0.3 is 11.1 Å². The van der Waals surface area contributed by atoms with Crippen LogP contribution in [0, 0.1) is 11.7 Å². The standard InChI is InChI=1S/C25H21F7N8O2/c26-16-5-14-17(6-13(16)21-34-7-15(20(33)38-21)24(27,28)29)35-10-40(23(14)42)9-11-2-1-3-12(4-11)37-18-8-36-39-22(41)19(18)25(30,31)32/h5-8,10-12H,1-4,9H2,(H2,33,34,38)(H2,37,39,41)/t11-,12+/m1/s1. The number of hydrogen-bond acceptors (Lipinski definition) is 8. The lowest BCUT2D eigenvalue weighted by Crippen LogP contribution is -2.34. The number of nitrogens with one attached hydrogen (secondary N) is 2. The fraction of sp³-hybridized carbons (Fsp3) is 0.360. The van der Waals surface area contributed by atoms with Gasteiger partial charge in [-0.05, 0) is 37.3 Å². The number of aromatic amines is 1. The summed E-state index contributed by atoms with van der Waals surface area (Å²) in [5, 5.41) is 7.90. The van der Waals surface area contributed by atoms with Crippen LogP contribution in [0.25, 0.3) is 22.3 Å². The number of nitrogens with two attached hydrogens (primary N) is 1. The number of nitrogens with zero attached hydrogens (tertiary/aromatic N) is 5.